The first-order valence-electron chi connectivity index (χ1n) is 6.42. The SMILES string of the molecule is CCNc1ccccc1C(=O)Nc1ccccc1C. The minimum atomic E-state index is -0.0918. The zero-order chi connectivity index (χ0) is 13.7. The van der Waals surface area contributed by atoms with Crippen molar-refractivity contribution in [2.75, 3.05) is 17.2 Å². The summed E-state index contributed by atoms with van der Waals surface area (Å²) in [4.78, 5) is 12.3. The van der Waals surface area contributed by atoms with Crippen LogP contribution in [0, 0.1) is 6.92 Å². The Morgan fingerprint density at radius 3 is 2.32 bits per heavy atom. The lowest BCUT2D eigenvalue weighted by atomic mass is 10.1. The molecule has 2 aromatic carbocycles. The smallest absolute Gasteiger partial charge is 0.257 e. The van der Waals surface area contributed by atoms with E-state index in [1.54, 1.807) is 0 Å². The molecule has 2 rings (SSSR count). The molecule has 0 heterocycles. The number of anilines is 2. The van der Waals surface area contributed by atoms with Crippen molar-refractivity contribution in [1.82, 2.24) is 0 Å². The Labute approximate surface area is 113 Å². The van der Waals surface area contributed by atoms with Gasteiger partial charge in [0.15, 0.2) is 0 Å². The van der Waals surface area contributed by atoms with Crippen molar-refractivity contribution in [2.45, 2.75) is 13.8 Å². The highest BCUT2D eigenvalue weighted by Gasteiger charge is 2.11. The van der Waals surface area contributed by atoms with E-state index < -0.39 is 0 Å². The maximum absolute atomic E-state index is 12.3. The zero-order valence-electron chi connectivity index (χ0n) is 11.2. The molecule has 3 nitrogen and oxygen atoms in total. The maximum atomic E-state index is 12.3. The van der Waals surface area contributed by atoms with Gasteiger partial charge in [-0.1, -0.05) is 30.3 Å². The van der Waals surface area contributed by atoms with Crippen LogP contribution in [0.2, 0.25) is 0 Å². The molecule has 0 aromatic heterocycles. The molecule has 0 radical (unpaired) electrons. The molecule has 0 saturated heterocycles. The molecule has 0 aliphatic carbocycles. The molecule has 19 heavy (non-hydrogen) atoms. The molecule has 0 fully saturated rings. The summed E-state index contributed by atoms with van der Waals surface area (Å²) < 4.78 is 0. The van der Waals surface area contributed by atoms with Crippen molar-refractivity contribution in [3.05, 3.63) is 59.7 Å². The van der Waals surface area contributed by atoms with E-state index in [0.29, 0.717) is 5.56 Å². The topological polar surface area (TPSA) is 41.1 Å². The summed E-state index contributed by atoms with van der Waals surface area (Å²) in [5.74, 6) is -0.0918. The van der Waals surface area contributed by atoms with Crippen LogP contribution in [0.15, 0.2) is 48.5 Å². The van der Waals surface area contributed by atoms with Crippen molar-refractivity contribution in [2.24, 2.45) is 0 Å². The number of rotatable bonds is 4. The van der Waals surface area contributed by atoms with Crippen LogP contribution in [0.25, 0.3) is 0 Å². The molecular weight excluding hydrogens is 236 g/mol. The summed E-state index contributed by atoms with van der Waals surface area (Å²) >= 11 is 0. The molecule has 2 aromatic rings. The largest absolute Gasteiger partial charge is 0.385 e. The van der Waals surface area contributed by atoms with Gasteiger partial charge < -0.3 is 10.6 Å². The van der Waals surface area contributed by atoms with Crippen LogP contribution < -0.4 is 10.6 Å². The Bertz CT molecular complexity index is 578. The van der Waals surface area contributed by atoms with Crippen LogP contribution in [0.4, 0.5) is 11.4 Å². The van der Waals surface area contributed by atoms with Crippen molar-refractivity contribution in [3.63, 3.8) is 0 Å². The number of carbonyl (C=O) groups is 1. The highest BCUT2D eigenvalue weighted by atomic mass is 16.1. The highest BCUT2D eigenvalue weighted by Crippen LogP contribution is 2.19. The summed E-state index contributed by atoms with van der Waals surface area (Å²) in [5.41, 5.74) is 3.42. The van der Waals surface area contributed by atoms with E-state index in [4.69, 9.17) is 0 Å². The Kier molecular flexibility index (Phi) is 4.18. The second kappa shape index (κ2) is 6.05. The number of hydrogen-bond donors (Lipinski definition) is 2. The van der Waals surface area contributed by atoms with Gasteiger partial charge in [-0.25, -0.2) is 0 Å². The van der Waals surface area contributed by atoms with Gasteiger partial charge in [0, 0.05) is 17.9 Å². The van der Waals surface area contributed by atoms with E-state index in [2.05, 4.69) is 10.6 Å². The van der Waals surface area contributed by atoms with Gasteiger partial charge in [-0.2, -0.15) is 0 Å². The summed E-state index contributed by atoms with van der Waals surface area (Å²) in [6.45, 7) is 4.77. The van der Waals surface area contributed by atoms with Gasteiger partial charge in [-0.05, 0) is 37.6 Å². The van der Waals surface area contributed by atoms with Gasteiger partial charge in [-0.3, -0.25) is 4.79 Å². The fraction of sp³-hybridized carbons (Fsp3) is 0.188. The van der Waals surface area contributed by atoms with Crippen LogP contribution in [0.1, 0.15) is 22.8 Å². The Morgan fingerprint density at radius 2 is 1.63 bits per heavy atom. The minimum Gasteiger partial charge on any atom is -0.385 e. The molecule has 0 spiro atoms. The van der Waals surface area contributed by atoms with Crippen molar-refractivity contribution in [3.8, 4) is 0 Å². The zero-order valence-corrected chi connectivity index (χ0v) is 11.2. The van der Waals surface area contributed by atoms with Gasteiger partial charge in [0.05, 0.1) is 5.56 Å². The van der Waals surface area contributed by atoms with Gasteiger partial charge in [0.1, 0.15) is 0 Å². The Balaban J connectivity index is 2.23. The molecule has 0 unspecified atom stereocenters. The van der Waals surface area contributed by atoms with Crippen molar-refractivity contribution >= 4 is 17.3 Å². The number of para-hydroxylation sites is 2. The lowest BCUT2D eigenvalue weighted by molar-refractivity contribution is 0.102. The number of benzene rings is 2. The summed E-state index contributed by atoms with van der Waals surface area (Å²) in [6, 6.07) is 15.3. The van der Waals surface area contributed by atoms with E-state index in [1.807, 2.05) is 62.4 Å². The van der Waals surface area contributed by atoms with E-state index in [9.17, 15) is 4.79 Å². The van der Waals surface area contributed by atoms with Crippen molar-refractivity contribution < 1.29 is 4.79 Å². The summed E-state index contributed by atoms with van der Waals surface area (Å²) in [7, 11) is 0. The predicted octanol–water partition coefficient (Wildman–Crippen LogP) is 3.68. The maximum Gasteiger partial charge on any atom is 0.257 e. The highest BCUT2D eigenvalue weighted by molar-refractivity contribution is 6.08. The predicted molar refractivity (Wildman–Crippen MR) is 79.7 cm³/mol. The van der Waals surface area contributed by atoms with Crippen LogP contribution in [0.5, 0.6) is 0 Å². The average molecular weight is 254 g/mol. The van der Waals surface area contributed by atoms with E-state index in [-0.39, 0.29) is 5.91 Å². The van der Waals surface area contributed by atoms with E-state index in [1.165, 1.54) is 0 Å². The summed E-state index contributed by atoms with van der Waals surface area (Å²) in [6.07, 6.45) is 0. The molecule has 0 saturated carbocycles. The molecule has 3 heteroatoms. The normalized spacial score (nSPS) is 10.0. The molecule has 98 valence electrons. The molecule has 1 amide bonds. The third-order valence-electron chi connectivity index (χ3n) is 2.93. The molecular formula is C16H18N2O. The number of hydrogen-bond acceptors (Lipinski definition) is 2. The lowest BCUT2D eigenvalue weighted by Crippen LogP contribution is -2.15. The van der Waals surface area contributed by atoms with Crippen LogP contribution in [-0.4, -0.2) is 12.5 Å². The minimum absolute atomic E-state index is 0.0918. The van der Waals surface area contributed by atoms with E-state index in [0.717, 1.165) is 23.5 Å². The van der Waals surface area contributed by atoms with Crippen LogP contribution >= 0.6 is 0 Å². The van der Waals surface area contributed by atoms with E-state index >= 15 is 0 Å². The first-order chi connectivity index (χ1) is 9.22. The molecule has 2 N–H and O–H groups in total. The number of amides is 1. The van der Waals surface area contributed by atoms with Crippen molar-refractivity contribution in [1.29, 1.82) is 0 Å². The van der Waals surface area contributed by atoms with Gasteiger partial charge >= 0.3 is 0 Å². The first-order valence-corrected chi connectivity index (χ1v) is 6.42. The summed E-state index contributed by atoms with van der Waals surface area (Å²) in [5, 5.41) is 6.14. The van der Waals surface area contributed by atoms with Gasteiger partial charge in [-0.15, -0.1) is 0 Å². The van der Waals surface area contributed by atoms with Crippen LogP contribution in [0.3, 0.4) is 0 Å². The second-order valence-corrected chi connectivity index (χ2v) is 4.34. The average Bonchev–Trinajstić information content (AvgIpc) is 2.42. The fourth-order valence-corrected chi connectivity index (χ4v) is 1.93. The molecule has 0 aliphatic heterocycles. The third kappa shape index (κ3) is 3.13. The second-order valence-electron chi connectivity index (χ2n) is 4.34. The molecule has 0 bridgehead atoms. The molecule has 0 atom stereocenters. The van der Waals surface area contributed by atoms with Gasteiger partial charge in [0.2, 0.25) is 0 Å². The van der Waals surface area contributed by atoms with Gasteiger partial charge in [0.25, 0.3) is 5.91 Å². The monoisotopic (exact) mass is 254 g/mol. The lowest BCUT2D eigenvalue weighted by Gasteiger charge is -2.12. The quantitative estimate of drug-likeness (QED) is 0.873. The standard InChI is InChI=1S/C16H18N2O/c1-3-17-15-11-7-5-9-13(15)16(19)18-14-10-6-4-8-12(14)2/h4-11,17H,3H2,1-2H3,(H,18,19). The number of aryl methyl sites for hydroxylation is 1. The molecule has 0 aliphatic rings. The first kappa shape index (κ1) is 13.1. The number of carbonyl (C=O) groups excluding carboxylic acids is 1. The van der Waals surface area contributed by atoms with Crippen LogP contribution in [-0.2, 0) is 0 Å². The fourth-order valence-electron chi connectivity index (χ4n) is 1.93. The number of nitrogens with one attached hydrogen (secondary N) is 2. The third-order valence-corrected chi connectivity index (χ3v) is 2.93. The Hall–Kier alpha value is -2.29. The Morgan fingerprint density at radius 1 is 1.00 bits per heavy atom.